The van der Waals surface area contributed by atoms with Crippen LogP contribution >= 0.6 is 11.8 Å². The van der Waals surface area contributed by atoms with Crippen molar-refractivity contribution in [2.45, 2.75) is 19.4 Å². The number of carbonyl (C=O) groups is 2. The summed E-state index contributed by atoms with van der Waals surface area (Å²) in [6, 6.07) is -0.791. The molecule has 0 aromatic carbocycles. The Kier molecular flexibility index (Phi) is 3.19. The topological polar surface area (TPSA) is 95.0 Å². The van der Waals surface area contributed by atoms with E-state index in [1.165, 1.54) is 13.8 Å². The van der Waals surface area contributed by atoms with Crippen molar-refractivity contribution in [1.82, 2.24) is 9.32 Å². The molecule has 0 aliphatic carbocycles. The average Bonchev–Trinajstić information content (AvgIpc) is 2.25. The highest BCUT2D eigenvalue weighted by atomic mass is 35.5. The highest BCUT2D eigenvalue weighted by molar-refractivity contribution is 7.85. The second kappa shape index (κ2) is 3.86. The van der Waals surface area contributed by atoms with Crippen LogP contribution in [0.15, 0.2) is 0 Å². The van der Waals surface area contributed by atoms with Crippen LogP contribution in [0.1, 0.15) is 13.8 Å². The fourth-order valence-corrected chi connectivity index (χ4v) is 2.08. The molecule has 0 unspecified atom stereocenters. The Morgan fingerprint density at radius 3 is 2.19 bits per heavy atom. The van der Waals surface area contributed by atoms with Gasteiger partial charge in [-0.1, -0.05) is 0 Å². The van der Waals surface area contributed by atoms with Gasteiger partial charge in [-0.25, -0.2) is 4.79 Å². The van der Waals surface area contributed by atoms with Gasteiger partial charge < -0.3 is 4.90 Å². The van der Waals surface area contributed by atoms with Crippen LogP contribution in [-0.4, -0.2) is 52.1 Å². The number of hydrogen-bond acceptors (Lipinski definition) is 4. The van der Waals surface area contributed by atoms with Gasteiger partial charge in [-0.2, -0.15) is 12.8 Å². The summed E-state index contributed by atoms with van der Waals surface area (Å²) in [5.41, 5.74) is -1.20. The summed E-state index contributed by atoms with van der Waals surface area (Å²) >= 11 is 5.42. The number of rotatable bonds is 3. The quantitative estimate of drug-likeness (QED) is 0.445. The molecular formula is C7H11ClN2O5S. The van der Waals surface area contributed by atoms with Crippen LogP contribution in [0.4, 0.5) is 4.79 Å². The van der Waals surface area contributed by atoms with E-state index in [0.29, 0.717) is 4.42 Å². The lowest BCUT2D eigenvalue weighted by Crippen LogP contribution is -2.46. The fourth-order valence-electron chi connectivity index (χ4n) is 1.37. The summed E-state index contributed by atoms with van der Waals surface area (Å²) < 4.78 is 30.1. The third-order valence-electron chi connectivity index (χ3n) is 2.35. The molecule has 1 saturated heterocycles. The SMILES string of the molecule is CC1(C)C(=O)N(Cl)C(=O)N1CCS(=O)(=O)O. The minimum Gasteiger partial charge on any atom is -0.308 e. The molecule has 0 atom stereocenters. The minimum absolute atomic E-state index is 0.292. The zero-order valence-electron chi connectivity index (χ0n) is 8.68. The lowest BCUT2D eigenvalue weighted by molar-refractivity contribution is -0.128. The minimum atomic E-state index is -4.19. The highest BCUT2D eigenvalue weighted by Gasteiger charge is 2.51. The van der Waals surface area contributed by atoms with Crippen LogP contribution in [0.5, 0.6) is 0 Å². The summed E-state index contributed by atoms with van der Waals surface area (Å²) in [6.45, 7) is 2.60. The number of carbonyl (C=O) groups excluding carboxylic acids is 2. The molecule has 1 aliphatic heterocycles. The number of halogens is 1. The predicted molar refractivity (Wildman–Crippen MR) is 55.3 cm³/mol. The van der Waals surface area contributed by atoms with E-state index in [1.54, 1.807) is 0 Å². The van der Waals surface area contributed by atoms with E-state index in [9.17, 15) is 18.0 Å². The van der Waals surface area contributed by atoms with Gasteiger partial charge in [-0.05, 0) is 13.8 Å². The first-order valence-electron chi connectivity index (χ1n) is 4.34. The first kappa shape index (κ1) is 13.2. The van der Waals surface area contributed by atoms with Crippen molar-refractivity contribution < 1.29 is 22.6 Å². The average molecular weight is 271 g/mol. The number of amides is 3. The Morgan fingerprint density at radius 1 is 1.38 bits per heavy atom. The van der Waals surface area contributed by atoms with Gasteiger partial charge in [0, 0.05) is 18.3 Å². The van der Waals surface area contributed by atoms with Gasteiger partial charge in [0.05, 0.1) is 5.75 Å². The van der Waals surface area contributed by atoms with Crippen LogP contribution in [0.2, 0.25) is 0 Å². The van der Waals surface area contributed by atoms with Crippen molar-refractivity contribution in [2.75, 3.05) is 12.3 Å². The molecule has 1 N–H and O–H groups in total. The van der Waals surface area contributed by atoms with E-state index in [4.69, 9.17) is 16.3 Å². The van der Waals surface area contributed by atoms with Crippen LogP contribution < -0.4 is 0 Å². The van der Waals surface area contributed by atoms with E-state index in [2.05, 4.69) is 0 Å². The Hall–Kier alpha value is -0.860. The molecule has 0 bridgehead atoms. The molecule has 0 spiro atoms. The molecule has 0 aromatic rings. The molecule has 1 fully saturated rings. The molecule has 3 amide bonds. The van der Waals surface area contributed by atoms with Crippen LogP contribution in [0.25, 0.3) is 0 Å². The molecule has 9 heteroatoms. The van der Waals surface area contributed by atoms with Crippen molar-refractivity contribution >= 4 is 33.8 Å². The predicted octanol–water partition coefficient (Wildman–Crippen LogP) is 0.0708. The molecule has 16 heavy (non-hydrogen) atoms. The van der Waals surface area contributed by atoms with Crippen LogP contribution in [-0.2, 0) is 14.9 Å². The Balaban J connectivity index is 2.88. The molecule has 1 rings (SSSR count). The zero-order valence-corrected chi connectivity index (χ0v) is 10.2. The second-order valence-corrected chi connectivity index (χ2v) is 5.78. The molecule has 0 radical (unpaired) electrons. The number of urea groups is 1. The normalized spacial score (nSPS) is 20.8. The van der Waals surface area contributed by atoms with E-state index in [-0.39, 0.29) is 6.54 Å². The van der Waals surface area contributed by atoms with Crippen molar-refractivity contribution in [1.29, 1.82) is 0 Å². The number of imide groups is 1. The maximum absolute atomic E-state index is 11.5. The highest BCUT2D eigenvalue weighted by Crippen LogP contribution is 2.28. The Morgan fingerprint density at radius 2 is 1.88 bits per heavy atom. The summed E-state index contributed by atoms with van der Waals surface area (Å²) in [6.07, 6.45) is 0. The standard InChI is InChI=1S/C7H11ClN2O5S/c1-7(2)5(11)10(8)6(12)9(7)3-4-16(13,14)15/h3-4H2,1-2H3,(H,13,14,15). The summed E-state index contributed by atoms with van der Waals surface area (Å²) in [7, 11) is -4.19. The first-order chi connectivity index (χ1) is 7.07. The van der Waals surface area contributed by atoms with Crippen LogP contribution in [0.3, 0.4) is 0 Å². The van der Waals surface area contributed by atoms with Gasteiger partial charge in [-0.3, -0.25) is 9.35 Å². The van der Waals surface area contributed by atoms with E-state index in [0.717, 1.165) is 4.90 Å². The van der Waals surface area contributed by atoms with Crippen molar-refractivity contribution in [2.24, 2.45) is 0 Å². The van der Waals surface area contributed by atoms with E-state index < -0.39 is 33.3 Å². The van der Waals surface area contributed by atoms with Gasteiger partial charge in [0.15, 0.2) is 0 Å². The van der Waals surface area contributed by atoms with Gasteiger partial charge in [0.2, 0.25) is 0 Å². The zero-order chi connectivity index (χ0) is 12.7. The smallest absolute Gasteiger partial charge is 0.308 e. The van der Waals surface area contributed by atoms with Gasteiger partial charge in [0.1, 0.15) is 5.54 Å². The molecule has 1 heterocycles. The first-order valence-corrected chi connectivity index (χ1v) is 6.29. The number of hydrogen-bond donors (Lipinski definition) is 1. The molecule has 7 nitrogen and oxygen atoms in total. The largest absolute Gasteiger partial charge is 0.342 e. The van der Waals surface area contributed by atoms with Gasteiger partial charge in [0.25, 0.3) is 16.0 Å². The van der Waals surface area contributed by atoms with Crippen molar-refractivity contribution in [3.63, 3.8) is 0 Å². The third-order valence-corrected chi connectivity index (χ3v) is 3.34. The van der Waals surface area contributed by atoms with Gasteiger partial charge in [-0.15, -0.1) is 0 Å². The van der Waals surface area contributed by atoms with Crippen molar-refractivity contribution in [3.8, 4) is 0 Å². The monoisotopic (exact) mass is 270 g/mol. The summed E-state index contributed by atoms with van der Waals surface area (Å²) in [4.78, 5) is 24.0. The maximum atomic E-state index is 11.5. The van der Waals surface area contributed by atoms with Gasteiger partial charge >= 0.3 is 6.03 Å². The number of nitrogens with zero attached hydrogens (tertiary/aromatic N) is 2. The lowest BCUT2D eigenvalue weighted by Gasteiger charge is -2.26. The van der Waals surface area contributed by atoms with Crippen LogP contribution in [0, 0.1) is 0 Å². The molecule has 92 valence electrons. The molecule has 0 aromatic heterocycles. The second-order valence-electron chi connectivity index (χ2n) is 3.87. The summed E-state index contributed by atoms with van der Waals surface area (Å²) in [5.74, 6) is -1.27. The lowest BCUT2D eigenvalue weighted by atomic mass is 10.1. The van der Waals surface area contributed by atoms with E-state index in [1.807, 2.05) is 0 Å². The Labute approximate surface area is 97.8 Å². The third kappa shape index (κ3) is 2.28. The summed E-state index contributed by atoms with van der Waals surface area (Å²) in [5, 5.41) is 0. The molecule has 0 saturated carbocycles. The molecular weight excluding hydrogens is 260 g/mol. The Bertz CT molecular complexity index is 432. The molecule has 1 aliphatic rings. The fraction of sp³-hybridized carbons (Fsp3) is 0.714. The maximum Gasteiger partial charge on any atom is 0.342 e. The van der Waals surface area contributed by atoms with Crippen molar-refractivity contribution in [3.05, 3.63) is 0 Å². The van der Waals surface area contributed by atoms with E-state index >= 15 is 0 Å².